The van der Waals surface area contributed by atoms with E-state index >= 15 is 0 Å². The van der Waals surface area contributed by atoms with Gasteiger partial charge in [0.15, 0.2) is 0 Å². The fraction of sp³-hybridized carbons (Fsp3) is 0.0833. The molecule has 39 heavy (non-hydrogen) atoms. The van der Waals surface area contributed by atoms with Gasteiger partial charge in [-0.2, -0.15) is 0 Å². The highest BCUT2D eigenvalue weighted by atomic mass is 35.5. The Morgan fingerprint density at radius 2 is 1.79 bits per heavy atom. The molecule has 0 radical (unpaired) electrons. The van der Waals surface area contributed by atoms with Crippen LogP contribution in [0.5, 0.6) is 0 Å². The molecular formula is C24H19ClN6O5S3. The minimum Gasteiger partial charge on any atom is -0.380 e. The molecular weight excluding hydrogens is 584 g/mol. The van der Waals surface area contributed by atoms with Gasteiger partial charge in [-0.1, -0.05) is 11.6 Å². The van der Waals surface area contributed by atoms with Crippen LogP contribution < -0.4 is 26.6 Å². The molecule has 0 bridgehead atoms. The van der Waals surface area contributed by atoms with Gasteiger partial charge in [0.25, 0.3) is 15.6 Å². The van der Waals surface area contributed by atoms with Crippen molar-refractivity contribution in [1.82, 2.24) is 19.3 Å². The Kier molecular flexibility index (Phi) is 7.27. The summed E-state index contributed by atoms with van der Waals surface area (Å²) in [6, 6.07) is 12.6. The monoisotopic (exact) mass is 602 g/mol. The largest absolute Gasteiger partial charge is 0.380 e. The highest BCUT2D eigenvalue weighted by Crippen LogP contribution is 2.25. The number of nitrogens with one attached hydrogen (secondary N) is 4. The van der Waals surface area contributed by atoms with Gasteiger partial charge >= 0.3 is 11.7 Å². The summed E-state index contributed by atoms with van der Waals surface area (Å²) in [5, 5.41) is 6.94. The predicted octanol–water partition coefficient (Wildman–Crippen LogP) is 4.28. The number of sulfonamides is 1. The van der Waals surface area contributed by atoms with E-state index in [1.807, 2.05) is 11.6 Å². The molecule has 200 valence electrons. The zero-order chi connectivity index (χ0) is 27.7. The van der Waals surface area contributed by atoms with Gasteiger partial charge in [0.05, 0.1) is 32.5 Å². The second-order valence-corrected chi connectivity index (χ2v) is 13.1. The van der Waals surface area contributed by atoms with Crippen LogP contribution in [0.2, 0.25) is 4.34 Å². The van der Waals surface area contributed by atoms with Crippen molar-refractivity contribution in [1.29, 1.82) is 0 Å². The maximum absolute atomic E-state index is 13.2. The van der Waals surface area contributed by atoms with Crippen molar-refractivity contribution in [2.45, 2.75) is 17.7 Å². The van der Waals surface area contributed by atoms with Crippen LogP contribution in [-0.2, 0) is 16.6 Å². The molecule has 0 saturated heterocycles. The summed E-state index contributed by atoms with van der Waals surface area (Å²) >= 11 is 8.16. The van der Waals surface area contributed by atoms with Crippen molar-refractivity contribution >= 4 is 72.6 Å². The molecule has 4 N–H and O–H groups in total. The molecule has 11 nitrogen and oxygen atoms in total. The van der Waals surface area contributed by atoms with Crippen molar-refractivity contribution in [2.24, 2.45) is 0 Å². The van der Waals surface area contributed by atoms with Crippen molar-refractivity contribution in [3.63, 3.8) is 0 Å². The van der Waals surface area contributed by atoms with Gasteiger partial charge in [0.1, 0.15) is 4.21 Å². The van der Waals surface area contributed by atoms with E-state index in [-0.39, 0.29) is 19.9 Å². The SMILES string of the molecule is Cc1ncc(CNc2ccc3c(=O)n(-c4ccc(NC(=O)NS(=O)(=O)c5ccc(Cl)s5)cc4)c(=O)[nH]c3c2)s1. The van der Waals surface area contributed by atoms with Crippen molar-refractivity contribution in [3.05, 3.63) is 95.9 Å². The first kappa shape index (κ1) is 26.6. The van der Waals surface area contributed by atoms with Gasteiger partial charge in [0, 0.05) is 22.4 Å². The zero-order valence-electron chi connectivity index (χ0n) is 20.0. The van der Waals surface area contributed by atoms with E-state index in [0.29, 0.717) is 17.4 Å². The first-order chi connectivity index (χ1) is 18.6. The molecule has 2 aromatic carbocycles. The molecule has 0 atom stereocenters. The van der Waals surface area contributed by atoms with E-state index in [1.54, 1.807) is 35.7 Å². The summed E-state index contributed by atoms with van der Waals surface area (Å²) in [5.41, 5.74) is 0.471. The zero-order valence-corrected chi connectivity index (χ0v) is 23.2. The van der Waals surface area contributed by atoms with Crippen LogP contribution in [0.25, 0.3) is 16.6 Å². The number of carbonyl (C=O) groups is 1. The molecule has 0 saturated carbocycles. The van der Waals surface area contributed by atoms with Crippen molar-refractivity contribution in [2.75, 3.05) is 10.6 Å². The Balaban J connectivity index is 1.32. The van der Waals surface area contributed by atoms with E-state index in [9.17, 15) is 22.8 Å². The van der Waals surface area contributed by atoms with Gasteiger partial charge in [-0.15, -0.1) is 22.7 Å². The number of H-pyrrole nitrogens is 1. The highest BCUT2D eigenvalue weighted by Gasteiger charge is 2.20. The van der Waals surface area contributed by atoms with Crippen LogP contribution in [-0.4, -0.2) is 29.0 Å². The Morgan fingerprint density at radius 3 is 2.46 bits per heavy atom. The number of benzene rings is 2. The molecule has 5 rings (SSSR count). The second kappa shape index (κ2) is 10.6. The van der Waals surface area contributed by atoms with Gasteiger partial charge in [-0.3, -0.25) is 4.79 Å². The van der Waals surface area contributed by atoms with Gasteiger partial charge < -0.3 is 15.6 Å². The lowest BCUT2D eigenvalue weighted by molar-refractivity contribution is 0.256. The quantitative estimate of drug-likeness (QED) is 0.217. The number of nitrogens with zero attached hydrogens (tertiary/aromatic N) is 2. The Bertz CT molecular complexity index is 1930. The van der Waals surface area contributed by atoms with Gasteiger partial charge in [0.2, 0.25) is 0 Å². The number of amides is 2. The average Bonchev–Trinajstić information content (AvgIpc) is 3.51. The first-order valence-corrected chi connectivity index (χ1v) is 14.7. The molecule has 5 aromatic rings. The summed E-state index contributed by atoms with van der Waals surface area (Å²) in [6.07, 6.45) is 1.80. The maximum atomic E-state index is 13.2. The minimum atomic E-state index is -4.09. The maximum Gasteiger partial charge on any atom is 0.333 e. The number of urea groups is 1. The second-order valence-electron chi connectivity index (χ2n) is 8.20. The Morgan fingerprint density at radius 1 is 1.05 bits per heavy atom. The molecule has 0 aliphatic heterocycles. The minimum absolute atomic E-state index is 0.106. The van der Waals surface area contributed by atoms with E-state index in [2.05, 4.69) is 20.6 Å². The van der Waals surface area contributed by atoms with Crippen LogP contribution in [0.3, 0.4) is 0 Å². The molecule has 15 heteroatoms. The fourth-order valence-electron chi connectivity index (χ4n) is 3.70. The third-order valence-corrected chi connectivity index (χ3v) is 9.42. The number of thiazole rings is 1. The molecule has 0 spiro atoms. The number of aromatic nitrogens is 3. The number of carbonyl (C=O) groups excluding carboxylic acids is 1. The smallest absolute Gasteiger partial charge is 0.333 e. The molecule has 0 aliphatic rings. The van der Waals surface area contributed by atoms with Crippen LogP contribution in [0.1, 0.15) is 9.88 Å². The number of aromatic amines is 1. The third-order valence-electron chi connectivity index (χ3n) is 5.46. The summed E-state index contributed by atoms with van der Waals surface area (Å²) in [5.74, 6) is 0. The van der Waals surface area contributed by atoms with E-state index in [4.69, 9.17) is 11.6 Å². The molecule has 2 amide bonds. The predicted molar refractivity (Wildman–Crippen MR) is 153 cm³/mol. The topological polar surface area (TPSA) is 155 Å². The number of anilines is 2. The fourth-order valence-corrected chi connectivity index (χ4v) is 6.83. The first-order valence-electron chi connectivity index (χ1n) is 11.2. The highest BCUT2D eigenvalue weighted by molar-refractivity contribution is 7.92. The molecule has 0 unspecified atom stereocenters. The third kappa shape index (κ3) is 5.88. The van der Waals surface area contributed by atoms with Crippen LogP contribution in [0.4, 0.5) is 16.2 Å². The number of halogens is 1. The molecule has 0 aliphatic carbocycles. The van der Waals surface area contributed by atoms with Gasteiger partial charge in [-0.05, 0) is 61.5 Å². The normalized spacial score (nSPS) is 11.4. The summed E-state index contributed by atoms with van der Waals surface area (Å²) in [6.45, 7) is 2.49. The molecule has 0 fully saturated rings. The number of thiophene rings is 1. The number of hydrogen-bond donors (Lipinski definition) is 4. The molecule has 3 aromatic heterocycles. The summed E-state index contributed by atoms with van der Waals surface area (Å²) in [4.78, 5) is 46.2. The standard InChI is InChI=1S/C24H19ClN6O5S3/c1-13-26-11-17(37-13)12-27-15-4-7-18-19(10-15)29-24(34)31(22(18)32)16-5-2-14(3-6-16)28-23(33)30-39(35,36)21-9-8-20(25)38-21/h2-11,27H,12H2,1H3,(H,29,34)(H2,28,30,33). The lowest BCUT2D eigenvalue weighted by Gasteiger charge is -2.10. The molecule has 3 heterocycles. The van der Waals surface area contributed by atoms with Crippen molar-refractivity contribution < 1.29 is 13.2 Å². The lowest BCUT2D eigenvalue weighted by atomic mass is 10.2. The lowest BCUT2D eigenvalue weighted by Crippen LogP contribution is -2.34. The van der Waals surface area contributed by atoms with E-state index in [0.717, 1.165) is 31.5 Å². The Hall–Kier alpha value is -3.98. The summed E-state index contributed by atoms with van der Waals surface area (Å²) < 4.78 is 27.6. The Labute approximate surface area is 234 Å². The number of fused-ring (bicyclic) bond motifs is 1. The van der Waals surface area contributed by atoms with E-state index < -0.39 is 27.3 Å². The number of hydrogen-bond acceptors (Lipinski definition) is 9. The van der Waals surface area contributed by atoms with Gasteiger partial charge in [-0.25, -0.2) is 32.3 Å². The van der Waals surface area contributed by atoms with E-state index in [1.165, 1.54) is 36.4 Å². The van der Waals surface area contributed by atoms with Crippen LogP contribution >= 0.6 is 34.3 Å². The number of aryl methyl sites for hydroxylation is 1. The van der Waals surface area contributed by atoms with Crippen LogP contribution in [0, 0.1) is 6.92 Å². The summed E-state index contributed by atoms with van der Waals surface area (Å²) in [7, 11) is -4.09. The average molecular weight is 603 g/mol. The van der Waals surface area contributed by atoms with Crippen LogP contribution in [0.15, 0.2) is 74.6 Å². The number of rotatable bonds is 7. The van der Waals surface area contributed by atoms with Crippen molar-refractivity contribution in [3.8, 4) is 5.69 Å².